The fraction of sp³-hybridized carbons (Fsp3) is 0.182. The number of para-hydroxylation sites is 2. The highest BCUT2D eigenvalue weighted by molar-refractivity contribution is 5.96. The van der Waals surface area contributed by atoms with Crippen LogP contribution >= 0.6 is 0 Å². The van der Waals surface area contributed by atoms with Crippen molar-refractivity contribution in [1.82, 2.24) is 9.99 Å². The van der Waals surface area contributed by atoms with Crippen molar-refractivity contribution in [3.8, 4) is 17.2 Å². The molecule has 2 aromatic carbocycles. The lowest BCUT2D eigenvalue weighted by atomic mass is 10.2. The molecular weight excluding hydrogens is 354 g/mol. The maximum atomic E-state index is 12.6. The van der Waals surface area contributed by atoms with Crippen molar-refractivity contribution >= 4 is 12.1 Å². The molecule has 0 fully saturated rings. The number of nitrogens with one attached hydrogen (secondary N) is 1. The normalized spacial score (nSPS) is 10.9. The average Bonchev–Trinajstić information content (AvgIpc) is 3.02. The second-order valence-electron chi connectivity index (χ2n) is 6.24. The zero-order chi connectivity index (χ0) is 20.1. The Kier molecular flexibility index (Phi) is 5.79. The summed E-state index contributed by atoms with van der Waals surface area (Å²) in [6, 6.07) is 17.2. The van der Waals surface area contributed by atoms with Crippen LogP contribution in [0.2, 0.25) is 0 Å². The Morgan fingerprint density at radius 1 is 1.04 bits per heavy atom. The Hall–Kier alpha value is -3.54. The number of carbonyl (C=O) groups is 1. The van der Waals surface area contributed by atoms with Gasteiger partial charge in [0.1, 0.15) is 0 Å². The van der Waals surface area contributed by atoms with Crippen LogP contribution in [0.4, 0.5) is 0 Å². The average molecular weight is 377 g/mol. The van der Waals surface area contributed by atoms with Gasteiger partial charge in [0.15, 0.2) is 11.5 Å². The predicted molar refractivity (Wildman–Crippen MR) is 110 cm³/mol. The molecule has 0 unspecified atom stereocenters. The number of carbonyl (C=O) groups excluding carboxylic acids is 1. The lowest BCUT2D eigenvalue weighted by molar-refractivity contribution is 0.0954. The largest absolute Gasteiger partial charge is 0.493 e. The fourth-order valence-electron chi connectivity index (χ4n) is 3.20. The molecule has 144 valence electrons. The van der Waals surface area contributed by atoms with Crippen LogP contribution in [0, 0.1) is 13.8 Å². The Labute approximate surface area is 164 Å². The van der Waals surface area contributed by atoms with Gasteiger partial charge in [0, 0.05) is 22.6 Å². The first-order chi connectivity index (χ1) is 13.6. The number of methoxy groups -OCH3 is 2. The van der Waals surface area contributed by atoms with E-state index < -0.39 is 0 Å². The number of aromatic nitrogens is 1. The van der Waals surface area contributed by atoms with E-state index in [4.69, 9.17) is 9.47 Å². The van der Waals surface area contributed by atoms with Gasteiger partial charge < -0.3 is 14.0 Å². The molecule has 0 saturated heterocycles. The van der Waals surface area contributed by atoms with Gasteiger partial charge in [-0.2, -0.15) is 5.10 Å². The van der Waals surface area contributed by atoms with Gasteiger partial charge in [0.2, 0.25) is 0 Å². The van der Waals surface area contributed by atoms with E-state index >= 15 is 0 Å². The number of rotatable bonds is 6. The zero-order valence-corrected chi connectivity index (χ0v) is 16.4. The van der Waals surface area contributed by atoms with Gasteiger partial charge in [-0.05, 0) is 44.2 Å². The first-order valence-corrected chi connectivity index (χ1v) is 8.85. The third-order valence-corrected chi connectivity index (χ3v) is 4.49. The Balaban J connectivity index is 1.81. The molecule has 1 aromatic heterocycles. The van der Waals surface area contributed by atoms with Crippen LogP contribution in [0.25, 0.3) is 5.69 Å². The minimum atomic E-state index is -0.270. The smallest absolute Gasteiger partial charge is 0.273 e. The molecule has 6 nitrogen and oxygen atoms in total. The summed E-state index contributed by atoms with van der Waals surface area (Å²) >= 11 is 0. The van der Waals surface area contributed by atoms with Crippen LogP contribution in [0.3, 0.4) is 0 Å². The summed E-state index contributed by atoms with van der Waals surface area (Å²) in [7, 11) is 3.13. The van der Waals surface area contributed by atoms with Crippen molar-refractivity contribution in [3.05, 3.63) is 77.1 Å². The second kappa shape index (κ2) is 8.43. The molecule has 0 atom stereocenters. The van der Waals surface area contributed by atoms with Crippen molar-refractivity contribution < 1.29 is 14.3 Å². The molecule has 0 bridgehead atoms. The van der Waals surface area contributed by atoms with Gasteiger partial charge in [-0.15, -0.1) is 0 Å². The molecule has 3 aromatic rings. The minimum Gasteiger partial charge on any atom is -0.493 e. The Bertz CT molecular complexity index is 1010. The summed E-state index contributed by atoms with van der Waals surface area (Å²) in [5.74, 6) is 0.892. The maximum absolute atomic E-state index is 12.6. The number of nitrogens with zero attached hydrogens (tertiary/aromatic N) is 2. The lowest BCUT2D eigenvalue weighted by Gasteiger charge is -2.10. The Morgan fingerprint density at radius 2 is 1.79 bits per heavy atom. The van der Waals surface area contributed by atoms with Gasteiger partial charge in [0.25, 0.3) is 5.91 Å². The lowest BCUT2D eigenvalue weighted by Crippen LogP contribution is -2.18. The Morgan fingerprint density at radius 3 is 2.46 bits per heavy atom. The van der Waals surface area contributed by atoms with Gasteiger partial charge in [-0.3, -0.25) is 4.79 Å². The van der Waals surface area contributed by atoms with Crippen LogP contribution in [-0.4, -0.2) is 30.9 Å². The summed E-state index contributed by atoms with van der Waals surface area (Å²) in [4.78, 5) is 12.6. The molecular formula is C22H23N3O3. The highest BCUT2D eigenvalue weighted by Crippen LogP contribution is 2.29. The van der Waals surface area contributed by atoms with E-state index in [1.54, 1.807) is 20.3 Å². The number of ether oxygens (including phenoxy) is 2. The van der Waals surface area contributed by atoms with E-state index in [1.807, 2.05) is 66.9 Å². The quantitative estimate of drug-likeness (QED) is 0.524. The highest BCUT2D eigenvalue weighted by atomic mass is 16.5. The van der Waals surface area contributed by atoms with Crippen LogP contribution in [0.5, 0.6) is 11.5 Å². The van der Waals surface area contributed by atoms with Crippen molar-refractivity contribution in [2.75, 3.05) is 14.2 Å². The molecule has 0 aliphatic heterocycles. The fourth-order valence-corrected chi connectivity index (χ4v) is 3.20. The second-order valence-corrected chi connectivity index (χ2v) is 6.24. The summed E-state index contributed by atoms with van der Waals surface area (Å²) in [6.45, 7) is 3.89. The minimum absolute atomic E-state index is 0.270. The van der Waals surface area contributed by atoms with E-state index in [-0.39, 0.29) is 5.91 Å². The zero-order valence-electron chi connectivity index (χ0n) is 16.4. The van der Waals surface area contributed by atoms with E-state index in [0.717, 1.165) is 17.1 Å². The van der Waals surface area contributed by atoms with E-state index in [2.05, 4.69) is 10.5 Å². The molecule has 28 heavy (non-hydrogen) atoms. The first kappa shape index (κ1) is 19.2. The van der Waals surface area contributed by atoms with E-state index in [1.165, 1.54) is 6.21 Å². The van der Waals surface area contributed by atoms with Gasteiger partial charge in [-0.25, -0.2) is 5.43 Å². The molecule has 3 rings (SSSR count). The van der Waals surface area contributed by atoms with E-state index in [9.17, 15) is 4.79 Å². The van der Waals surface area contributed by atoms with Gasteiger partial charge in [0.05, 0.1) is 26.0 Å². The summed E-state index contributed by atoms with van der Waals surface area (Å²) < 4.78 is 12.7. The van der Waals surface area contributed by atoms with Gasteiger partial charge >= 0.3 is 0 Å². The predicted octanol–water partition coefficient (Wildman–Crippen LogP) is 3.88. The molecule has 0 radical (unpaired) electrons. The molecule has 0 spiro atoms. The summed E-state index contributed by atoms with van der Waals surface area (Å²) in [6.07, 6.45) is 1.54. The highest BCUT2D eigenvalue weighted by Gasteiger charge is 2.16. The standard InChI is InChI=1S/C22H23N3O3/c1-15-13-19(16(2)25(15)18-10-6-5-7-11-18)22(26)24-23-14-17-9-8-12-20(27-3)21(17)28-4/h5-14H,1-4H3,(H,24,26). The molecule has 1 N–H and O–H groups in total. The van der Waals surface area contributed by atoms with E-state index in [0.29, 0.717) is 22.6 Å². The third kappa shape index (κ3) is 3.76. The van der Waals surface area contributed by atoms with Crippen molar-refractivity contribution in [2.24, 2.45) is 5.10 Å². The monoisotopic (exact) mass is 377 g/mol. The number of hydrogen-bond donors (Lipinski definition) is 1. The van der Waals surface area contributed by atoms with Crippen molar-refractivity contribution in [3.63, 3.8) is 0 Å². The SMILES string of the molecule is COc1cccc(C=NNC(=O)c2cc(C)n(-c3ccccc3)c2C)c1OC. The first-order valence-electron chi connectivity index (χ1n) is 8.85. The van der Waals surface area contributed by atoms with Crippen molar-refractivity contribution in [1.29, 1.82) is 0 Å². The number of aryl methyl sites for hydroxylation is 1. The molecule has 0 saturated carbocycles. The topological polar surface area (TPSA) is 64.8 Å². The van der Waals surface area contributed by atoms with Gasteiger partial charge in [-0.1, -0.05) is 24.3 Å². The summed E-state index contributed by atoms with van der Waals surface area (Å²) in [5, 5.41) is 4.09. The summed E-state index contributed by atoms with van der Waals surface area (Å²) in [5.41, 5.74) is 6.73. The van der Waals surface area contributed by atoms with Crippen LogP contribution < -0.4 is 14.9 Å². The third-order valence-electron chi connectivity index (χ3n) is 4.49. The number of benzene rings is 2. The number of amides is 1. The molecule has 6 heteroatoms. The molecule has 1 heterocycles. The van der Waals surface area contributed by atoms with Crippen LogP contribution in [-0.2, 0) is 0 Å². The van der Waals surface area contributed by atoms with Crippen LogP contribution in [0.1, 0.15) is 27.3 Å². The molecule has 1 amide bonds. The number of hydrogen-bond acceptors (Lipinski definition) is 4. The van der Waals surface area contributed by atoms with Crippen molar-refractivity contribution in [2.45, 2.75) is 13.8 Å². The maximum Gasteiger partial charge on any atom is 0.273 e. The molecule has 0 aliphatic carbocycles. The number of hydrazone groups is 1. The van der Waals surface area contributed by atoms with Crippen LogP contribution in [0.15, 0.2) is 59.7 Å². The molecule has 0 aliphatic rings.